The molecule has 0 saturated carbocycles. The summed E-state index contributed by atoms with van der Waals surface area (Å²) in [5, 5.41) is 49.7. The SMILES string of the molecule is O=P(O)(OCCCN1CCNCC1)OC[C@H](O)[C@@H](O)[C@H](O)[C@H](O)CO. The van der Waals surface area contributed by atoms with Crippen LogP contribution >= 0.6 is 7.82 Å². The molecule has 0 aromatic carbocycles. The Bertz CT molecular complexity index is 411. The largest absolute Gasteiger partial charge is 0.472 e. The molecule has 1 fully saturated rings. The molecule has 0 amide bonds. The van der Waals surface area contributed by atoms with Gasteiger partial charge in [-0.1, -0.05) is 0 Å². The average Bonchev–Trinajstić information content (AvgIpc) is 2.62. The minimum absolute atomic E-state index is 0.0117. The number of hydrogen-bond acceptors (Lipinski definition) is 10. The van der Waals surface area contributed by atoms with Crippen molar-refractivity contribution < 1.29 is 44.0 Å². The zero-order chi connectivity index (χ0) is 18.9. The van der Waals surface area contributed by atoms with Gasteiger partial charge in [-0.25, -0.2) is 4.57 Å². The van der Waals surface area contributed by atoms with Crippen molar-refractivity contribution in [1.29, 1.82) is 0 Å². The molecule has 25 heavy (non-hydrogen) atoms. The van der Waals surface area contributed by atoms with E-state index < -0.39 is 45.5 Å². The van der Waals surface area contributed by atoms with E-state index in [0.717, 1.165) is 26.2 Å². The minimum atomic E-state index is -4.41. The Morgan fingerprint density at radius 1 is 1.04 bits per heavy atom. The molecule has 150 valence electrons. The summed E-state index contributed by atoms with van der Waals surface area (Å²) >= 11 is 0. The van der Waals surface area contributed by atoms with E-state index in [-0.39, 0.29) is 6.61 Å². The van der Waals surface area contributed by atoms with Gasteiger partial charge in [-0.3, -0.25) is 9.05 Å². The van der Waals surface area contributed by atoms with Crippen LogP contribution in [0.3, 0.4) is 0 Å². The van der Waals surface area contributed by atoms with E-state index in [1.165, 1.54) is 0 Å². The number of phosphoric acid groups is 1. The number of aliphatic hydroxyl groups excluding tert-OH is 5. The molecule has 0 spiro atoms. The van der Waals surface area contributed by atoms with Crippen LogP contribution < -0.4 is 5.32 Å². The fourth-order valence-corrected chi connectivity index (χ4v) is 3.05. The second-order valence-electron chi connectivity index (χ2n) is 5.84. The van der Waals surface area contributed by atoms with E-state index in [1.807, 2.05) is 0 Å². The summed E-state index contributed by atoms with van der Waals surface area (Å²) in [7, 11) is -4.41. The van der Waals surface area contributed by atoms with Crippen molar-refractivity contribution in [2.45, 2.75) is 30.8 Å². The first-order valence-corrected chi connectivity index (χ1v) is 9.64. The average molecular weight is 388 g/mol. The Kier molecular flexibility index (Phi) is 10.5. The van der Waals surface area contributed by atoms with Gasteiger partial charge in [0.05, 0.1) is 19.8 Å². The Hall–Kier alpha value is -0.170. The number of rotatable bonds is 12. The lowest BCUT2D eigenvalue weighted by Gasteiger charge is -2.27. The molecule has 0 bridgehead atoms. The summed E-state index contributed by atoms with van der Waals surface area (Å²) in [5.41, 5.74) is 0. The first-order chi connectivity index (χ1) is 11.8. The molecule has 1 heterocycles. The maximum Gasteiger partial charge on any atom is 0.472 e. The van der Waals surface area contributed by atoms with Crippen molar-refractivity contribution in [1.82, 2.24) is 10.2 Å². The molecule has 1 unspecified atom stereocenters. The third-order valence-corrected chi connectivity index (χ3v) is 4.80. The van der Waals surface area contributed by atoms with Crippen LogP contribution in [-0.2, 0) is 13.6 Å². The monoisotopic (exact) mass is 388 g/mol. The second-order valence-corrected chi connectivity index (χ2v) is 7.29. The van der Waals surface area contributed by atoms with Gasteiger partial charge in [0.25, 0.3) is 0 Å². The molecule has 11 nitrogen and oxygen atoms in total. The number of hydrogen-bond donors (Lipinski definition) is 7. The van der Waals surface area contributed by atoms with E-state index in [9.17, 15) is 29.9 Å². The molecule has 1 aliphatic rings. The molecule has 7 N–H and O–H groups in total. The lowest BCUT2D eigenvalue weighted by atomic mass is 10.0. The first kappa shape index (κ1) is 22.9. The van der Waals surface area contributed by atoms with Gasteiger partial charge in [-0.15, -0.1) is 0 Å². The van der Waals surface area contributed by atoms with Crippen molar-refractivity contribution in [3.8, 4) is 0 Å². The Morgan fingerprint density at radius 3 is 2.24 bits per heavy atom. The van der Waals surface area contributed by atoms with E-state index in [2.05, 4.69) is 14.7 Å². The highest BCUT2D eigenvalue weighted by Crippen LogP contribution is 2.43. The fourth-order valence-electron chi connectivity index (χ4n) is 2.27. The van der Waals surface area contributed by atoms with Crippen LogP contribution in [0.1, 0.15) is 6.42 Å². The topological polar surface area (TPSA) is 172 Å². The highest BCUT2D eigenvalue weighted by Gasteiger charge is 2.32. The van der Waals surface area contributed by atoms with Gasteiger partial charge < -0.3 is 40.6 Å². The van der Waals surface area contributed by atoms with Crippen molar-refractivity contribution >= 4 is 7.82 Å². The Balaban J connectivity index is 2.23. The predicted molar refractivity (Wildman–Crippen MR) is 86.8 cm³/mol. The third-order valence-electron chi connectivity index (χ3n) is 3.82. The molecule has 0 radical (unpaired) electrons. The van der Waals surface area contributed by atoms with Gasteiger partial charge in [0.2, 0.25) is 0 Å². The fraction of sp³-hybridized carbons (Fsp3) is 1.00. The smallest absolute Gasteiger partial charge is 0.394 e. The summed E-state index contributed by atoms with van der Waals surface area (Å²) < 4.78 is 21.0. The predicted octanol–water partition coefficient (Wildman–Crippen LogP) is -3.15. The quantitative estimate of drug-likeness (QED) is 0.133. The molecule has 1 rings (SSSR count). The maximum absolute atomic E-state index is 11.7. The molecular formula is C13H29N2O9P. The molecular weight excluding hydrogens is 359 g/mol. The van der Waals surface area contributed by atoms with Crippen LogP contribution in [0, 0.1) is 0 Å². The van der Waals surface area contributed by atoms with Crippen LogP contribution in [0.2, 0.25) is 0 Å². The maximum atomic E-state index is 11.7. The molecule has 0 aromatic heterocycles. The molecule has 5 atom stereocenters. The van der Waals surface area contributed by atoms with Crippen molar-refractivity contribution in [2.75, 3.05) is 52.5 Å². The van der Waals surface area contributed by atoms with Crippen molar-refractivity contribution in [2.24, 2.45) is 0 Å². The molecule has 1 saturated heterocycles. The van der Waals surface area contributed by atoms with Gasteiger partial charge in [0.15, 0.2) is 0 Å². The number of piperazine rings is 1. The second kappa shape index (κ2) is 11.5. The number of nitrogens with one attached hydrogen (secondary N) is 1. The molecule has 0 aliphatic carbocycles. The van der Waals surface area contributed by atoms with Gasteiger partial charge in [0, 0.05) is 32.7 Å². The molecule has 1 aliphatic heterocycles. The third kappa shape index (κ3) is 8.85. The summed E-state index contributed by atoms with van der Waals surface area (Å²) in [6, 6.07) is 0. The van der Waals surface area contributed by atoms with Gasteiger partial charge in [-0.2, -0.15) is 0 Å². The Labute approximate surface area is 146 Å². The van der Waals surface area contributed by atoms with Crippen LogP contribution in [0.4, 0.5) is 0 Å². The number of aliphatic hydroxyl groups is 5. The molecule has 0 aromatic rings. The highest BCUT2D eigenvalue weighted by atomic mass is 31.2. The normalized spacial score (nSPS) is 23.6. The van der Waals surface area contributed by atoms with Gasteiger partial charge in [-0.05, 0) is 6.42 Å². The summed E-state index contributed by atoms with van der Waals surface area (Å²) in [5.74, 6) is 0. The summed E-state index contributed by atoms with van der Waals surface area (Å²) in [6.07, 6.45) is -6.58. The lowest BCUT2D eigenvalue weighted by Crippen LogP contribution is -2.47. The zero-order valence-electron chi connectivity index (χ0n) is 14.0. The minimum Gasteiger partial charge on any atom is -0.394 e. The van der Waals surface area contributed by atoms with E-state index in [1.54, 1.807) is 0 Å². The van der Waals surface area contributed by atoms with Crippen molar-refractivity contribution in [3.63, 3.8) is 0 Å². The number of phosphoric ester groups is 1. The van der Waals surface area contributed by atoms with Crippen LogP contribution in [0.15, 0.2) is 0 Å². The number of nitrogens with zero attached hydrogens (tertiary/aromatic N) is 1. The standard InChI is InChI=1S/C13H29N2O9P/c16-8-10(17)12(19)13(20)11(18)9-24-25(21,22)23-7-1-4-15-5-2-14-3-6-15/h10-14,16-20H,1-9H2,(H,21,22)/t10-,11+,12-,13-/m1/s1. The van der Waals surface area contributed by atoms with E-state index >= 15 is 0 Å². The lowest BCUT2D eigenvalue weighted by molar-refractivity contribution is -0.123. The van der Waals surface area contributed by atoms with Crippen molar-refractivity contribution in [3.05, 3.63) is 0 Å². The van der Waals surface area contributed by atoms with Crippen LogP contribution in [-0.4, -0.2) is 112 Å². The van der Waals surface area contributed by atoms with Gasteiger partial charge in [0.1, 0.15) is 24.4 Å². The Morgan fingerprint density at radius 2 is 1.64 bits per heavy atom. The first-order valence-electron chi connectivity index (χ1n) is 8.15. The summed E-state index contributed by atoms with van der Waals surface area (Å²) in [4.78, 5) is 11.7. The van der Waals surface area contributed by atoms with E-state index in [0.29, 0.717) is 13.0 Å². The summed E-state index contributed by atoms with van der Waals surface area (Å²) in [6.45, 7) is 2.71. The van der Waals surface area contributed by atoms with Crippen LogP contribution in [0.5, 0.6) is 0 Å². The van der Waals surface area contributed by atoms with E-state index in [4.69, 9.17) is 9.63 Å². The molecule has 12 heteroatoms. The highest BCUT2D eigenvalue weighted by molar-refractivity contribution is 7.47. The zero-order valence-corrected chi connectivity index (χ0v) is 14.9. The van der Waals surface area contributed by atoms with Gasteiger partial charge >= 0.3 is 7.82 Å². The van der Waals surface area contributed by atoms with Crippen LogP contribution in [0.25, 0.3) is 0 Å².